The zero-order valence-corrected chi connectivity index (χ0v) is 19.5. The Labute approximate surface area is 194 Å². The molecule has 33 heavy (non-hydrogen) atoms. The number of likely N-dealkylation sites (N-methyl/N-ethyl adjacent to an activating group) is 1. The molecule has 1 atom stereocenters. The van der Waals surface area contributed by atoms with Crippen molar-refractivity contribution in [3.05, 3.63) is 71.0 Å². The van der Waals surface area contributed by atoms with Gasteiger partial charge in [0.1, 0.15) is 17.3 Å². The number of nitrogens with zero attached hydrogens (tertiary/aromatic N) is 2. The molecule has 0 radical (unpaired) electrons. The van der Waals surface area contributed by atoms with Crippen LogP contribution < -0.4 is 4.74 Å². The van der Waals surface area contributed by atoms with E-state index in [1.165, 1.54) is 11.0 Å². The molecule has 3 rings (SSSR count). The molecule has 0 bridgehead atoms. The topological polar surface area (TPSA) is 70.1 Å². The number of amides is 1. The number of halogens is 1. The van der Waals surface area contributed by atoms with Crippen molar-refractivity contribution in [2.45, 2.75) is 39.8 Å². The van der Waals surface area contributed by atoms with E-state index in [9.17, 15) is 19.1 Å². The van der Waals surface area contributed by atoms with Gasteiger partial charge in [0.2, 0.25) is 0 Å². The van der Waals surface area contributed by atoms with Gasteiger partial charge in [0, 0.05) is 24.2 Å². The van der Waals surface area contributed by atoms with Crippen LogP contribution in [0.1, 0.15) is 44.9 Å². The third-order valence-electron chi connectivity index (χ3n) is 5.79. The quantitative estimate of drug-likeness (QED) is 0.346. The number of benzene rings is 2. The van der Waals surface area contributed by atoms with Gasteiger partial charge in [0.15, 0.2) is 0 Å². The molecule has 0 spiro atoms. The second kappa shape index (κ2) is 10.6. The molecule has 1 aliphatic heterocycles. The fourth-order valence-electron chi connectivity index (χ4n) is 4.04. The fourth-order valence-corrected chi connectivity index (χ4v) is 4.04. The number of ether oxygens (including phenoxy) is 1. The van der Waals surface area contributed by atoms with E-state index < -0.39 is 23.5 Å². The van der Waals surface area contributed by atoms with Crippen molar-refractivity contribution in [1.29, 1.82) is 0 Å². The Hall–Kier alpha value is -3.19. The van der Waals surface area contributed by atoms with Gasteiger partial charge in [-0.3, -0.25) is 9.59 Å². The largest absolute Gasteiger partial charge is 0.507 e. The lowest BCUT2D eigenvalue weighted by Crippen LogP contribution is -2.38. The summed E-state index contributed by atoms with van der Waals surface area (Å²) in [5, 5.41) is 11.1. The first-order valence-corrected chi connectivity index (χ1v) is 11.3. The molecule has 0 saturated carbocycles. The van der Waals surface area contributed by atoms with E-state index in [2.05, 4.69) is 4.90 Å². The van der Waals surface area contributed by atoms with Gasteiger partial charge in [-0.2, -0.15) is 0 Å². The van der Waals surface area contributed by atoms with Crippen molar-refractivity contribution in [3.8, 4) is 5.75 Å². The Bertz CT molecular complexity index is 1030. The summed E-state index contributed by atoms with van der Waals surface area (Å²) >= 11 is 0. The Morgan fingerprint density at radius 1 is 1.09 bits per heavy atom. The lowest BCUT2D eigenvalue weighted by molar-refractivity contribution is -0.140. The maximum atomic E-state index is 14.8. The van der Waals surface area contributed by atoms with Crippen LogP contribution in [0.3, 0.4) is 0 Å². The van der Waals surface area contributed by atoms with Gasteiger partial charge in [-0.15, -0.1) is 0 Å². The molecule has 0 aromatic heterocycles. The third-order valence-corrected chi connectivity index (χ3v) is 5.79. The molecular formula is C26H31FN2O4. The average Bonchev–Trinajstić information content (AvgIpc) is 3.04. The molecule has 7 heteroatoms. The molecule has 1 heterocycles. The minimum Gasteiger partial charge on any atom is -0.507 e. The number of Topliss-reactive ketones (excluding diaryl/α,β-unsaturated/α-hetero) is 1. The number of ketones is 1. The molecule has 6 nitrogen and oxygen atoms in total. The number of likely N-dealkylation sites (tertiary alicyclic amines) is 1. The highest BCUT2D eigenvalue weighted by Gasteiger charge is 2.46. The number of carbonyl (C=O) groups excluding carboxylic acids is 2. The van der Waals surface area contributed by atoms with E-state index in [-0.39, 0.29) is 29.5 Å². The number of hydrogen-bond acceptors (Lipinski definition) is 5. The van der Waals surface area contributed by atoms with Gasteiger partial charge >= 0.3 is 0 Å². The van der Waals surface area contributed by atoms with E-state index >= 15 is 0 Å². The summed E-state index contributed by atoms with van der Waals surface area (Å²) in [7, 11) is 0. The predicted octanol–water partition coefficient (Wildman–Crippen LogP) is 4.38. The summed E-state index contributed by atoms with van der Waals surface area (Å²) in [4.78, 5) is 29.5. The smallest absolute Gasteiger partial charge is 0.295 e. The van der Waals surface area contributed by atoms with E-state index in [0.29, 0.717) is 17.9 Å². The molecule has 2 aromatic carbocycles. The van der Waals surface area contributed by atoms with Gasteiger partial charge in [-0.25, -0.2) is 4.39 Å². The Kier molecular flexibility index (Phi) is 7.87. The van der Waals surface area contributed by atoms with Crippen molar-refractivity contribution in [2.24, 2.45) is 0 Å². The first kappa shape index (κ1) is 24.5. The average molecular weight is 455 g/mol. The molecule has 176 valence electrons. The van der Waals surface area contributed by atoms with Crippen LogP contribution in [0.4, 0.5) is 4.39 Å². The summed E-state index contributed by atoms with van der Waals surface area (Å²) in [5.74, 6) is -1.81. The lowest BCUT2D eigenvalue weighted by Gasteiger charge is -2.28. The monoisotopic (exact) mass is 454 g/mol. The number of aliphatic hydroxyl groups is 1. The maximum absolute atomic E-state index is 14.8. The van der Waals surface area contributed by atoms with E-state index in [4.69, 9.17) is 4.74 Å². The van der Waals surface area contributed by atoms with E-state index in [1.54, 1.807) is 42.5 Å². The van der Waals surface area contributed by atoms with Gasteiger partial charge in [0.25, 0.3) is 11.7 Å². The second-order valence-corrected chi connectivity index (χ2v) is 8.23. The van der Waals surface area contributed by atoms with E-state index in [0.717, 1.165) is 13.1 Å². The minimum atomic E-state index is -1.01. The molecule has 1 saturated heterocycles. The highest BCUT2D eigenvalue weighted by atomic mass is 19.1. The number of hydrogen-bond donors (Lipinski definition) is 1. The zero-order chi connectivity index (χ0) is 24.1. The van der Waals surface area contributed by atoms with Gasteiger partial charge in [-0.1, -0.05) is 32.0 Å². The summed E-state index contributed by atoms with van der Waals surface area (Å²) in [6, 6.07) is 11.6. The van der Waals surface area contributed by atoms with Crippen LogP contribution in [0.15, 0.2) is 54.1 Å². The maximum Gasteiger partial charge on any atom is 0.295 e. The van der Waals surface area contributed by atoms with Gasteiger partial charge < -0.3 is 19.6 Å². The molecular weight excluding hydrogens is 423 g/mol. The van der Waals surface area contributed by atoms with Crippen LogP contribution in [0.25, 0.3) is 5.76 Å². The highest BCUT2D eigenvalue weighted by molar-refractivity contribution is 6.46. The van der Waals surface area contributed by atoms with Gasteiger partial charge in [-0.05, 0) is 57.3 Å². The van der Waals surface area contributed by atoms with Crippen LogP contribution in [0.5, 0.6) is 5.75 Å². The predicted molar refractivity (Wildman–Crippen MR) is 125 cm³/mol. The molecule has 1 N–H and O–H groups in total. The van der Waals surface area contributed by atoms with Gasteiger partial charge in [0.05, 0.1) is 17.7 Å². The van der Waals surface area contributed by atoms with Crippen molar-refractivity contribution < 1.29 is 23.8 Å². The Morgan fingerprint density at radius 2 is 1.73 bits per heavy atom. The Balaban J connectivity index is 2.06. The fraction of sp³-hybridized carbons (Fsp3) is 0.385. The van der Waals surface area contributed by atoms with Crippen LogP contribution in [-0.2, 0) is 9.59 Å². The Morgan fingerprint density at radius 3 is 2.30 bits per heavy atom. The highest BCUT2D eigenvalue weighted by Crippen LogP contribution is 2.40. The molecule has 0 unspecified atom stereocenters. The summed E-state index contributed by atoms with van der Waals surface area (Å²) < 4.78 is 20.5. The molecule has 2 aromatic rings. The van der Waals surface area contributed by atoms with Crippen LogP contribution in [0, 0.1) is 5.82 Å². The molecule has 1 aliphatic rings. The summed E-state index contributed by atoms with van der Waals surface area (Å²) in [6.45, 7) is 10.2. The molecule has 1 fully saturated rings. The van der Waals surface area contributed by atoms with Crippen LogP contribution in [-0.4, -0.2) is 58.9 Å². The summed E-state index contributed by atoms with van der Waals surface area (Å²) in [6.07, 6.45) is -0.0124. The second-order valence-electron chi connectivity index (χ2n) is 8.23. The van der Waals surface area contributed by atoms with Crippen LogP contribution in [0.2, 0.25) is 0 Å². The van der Waals surface area contributed by atoms with Crippen molar-refractivity contribution in [2.75, 3.05) is 26.2 Å². The minimum absolute atomic E-state index is 0.0124. The number of aliphatic hydroxyl groups excluding tert-OH is 1. The van der Waals surface area contributed by atoms with Crippen molar-refractivity contribution >= 4 is 17.4 Å². The lowest BCUT2D eigenvalue weighted by atomic mass is 9.95. The number of rotatable bonds is 9. The number of carbonyl (C=O) groups is 2. The van der Waals surface area contributed by atoms with E-state index in [1.807, 2.05) is 27.7 Å². The molecule has 0 aliphatic carbocycles. The third kappa shape index (κ3) is 5.25. The molecule has 1 amide bonds. The first-order valence-electron chi connectivity index (χ1n) is 11.3. The van der Waals surface area contributed by atoms with Crippen molar-refractivity contribution in [1.82, 2.24) is 9.80 Å². The zero-order valence-electron chi connectivity index (χ0n) is 19.5. The normalized spacial score (nSPS) is 17.9. The van der Waals surface area contributed by atoms with Crippen LogP contribution >= 0.6 is 0 Å². The first-order chi connectivity index (χ1) is 15.8. The SMILES string of the molecule is CCN(CC)CCN1C(=O)C(=O)/C(=C(/O)c2ccc(OC(C)C)cc2)[C@@H]1c1ccccc1F. The van der Waals surface area contributed by atoms with Crippen molar-refractivity contribution in [3.63, 3.8) is 0 Å². The standard InChI is InChI=1S/C26H31FN2O4/c1-5-28(6-2)15-16-29-23(20-9-7-8-10-21(20)27)22(25(31)26(29)32)24(30)18-11-13-19(14-12-18)33-17(3)4/h7-14,17,23,30H,5-6,15-16H2,1-4H3/b24-22+/t23-/m0/s1. The summed E-state index contributed by atoms with van der Waals surface area (Å²) in [5.41, 5.74) is 0.425.